The van der Waals surface area contributed by atoms with Crippen LogP contribution in [0.1, 0.15) is 17.3 Å². The predicted molar refractivity (Wildman–Crippen MR) is 94.7 cm³/mol. The number of carbonyl (C=O) groups excluding carboxylic acids is 2. The molecule has 0 saturated heterocycles. The number of benzene rings is 2. The fourth-order valence-electron chi connectivity index (χ4n) is 2.48. The van der Waals surface area contributed by atoms with E-state index < -0.39 is 0 Å². The lowest BCUT2D eigenvalue weighted by molar-refractivity contribution is -0.116. The molecule has 0 spiro atoms. The summed E-state index contributed by atoms with van der Waals surface area (Å²) in [4.78, 5) is 23.6. The SMILES string of the molecule is CC(=O)c1cccc(NC(=O)Cn2ccc3cc(Br)ccc32)c1. The van der Waals surface area contributed by atoms with E-state index in [0.717, 1.165) is 15.4 Å². The second-order valence-corrected chi connectivity index (χ2v) is 6.25. The maximum Gasteiger partial charge on any atom is 0.244 e. The van der Waals surface area contributed by atoms with Gasteiger partial charge in [0.05, 0.1) is 0 Å². The Morgan fingerprint density at radius 3 is 2.74 bits per heavy atom. The number of hydrogen-bond acceptors (Lipinski definition) is 2. The Bertz CT molecular complexity index is 899. The van der Waals surface area contributed by atoms with Crippen LogP contribution in [0.15, 0.2) is 59.2 Å². The van der Waals surface area contributed by atoms with Gasteiger partial charge in [-0.1, -0.05) is 28.1 Å². The van der Waals surface area contributed by atoms with Gasteiger partial charge in [-0.15, -0.1) is 0 Å². The molecule has 0 radical (unpaired) electrons. The summed E-state index contributed by atoms with van der Waals surface area (Å²) in [7, 11) is 0. The fraction of sp³-hybridized carbons (Fsp3) is 0.111. The molecule has 5 heteroatoms. The first-order valence-electron chi connectivity index (χ1n) is 7.18. The molecule has 0 atom stereocenters. The van der Waals surface area contributed by atoms with Crippen LogP contribution in [0.3, 0.4) is 0 Å². The largest absolute Gasteiger partial charge is 0.338 e. The Kier molecular flexibility index (Phi) is 4.30. The Labute approximate surface area is 142 Å². The number of halogens is 1. The lowest BCUT2D eigenvalue weighted by Gasteiger charge is -2.08. The molecule has 3 aromatic rings. The van der Waals surface area contributed by atoms with Crippen molar-refractivity contribution >= 4 is 44.2 Å². The highest BCUT2D eigenvalue weighted by molar-refractivity contribution is 9.10. The van der Waals surface area contributed by atoms with Gasteiger partial charge in [0.25, 0.3) is 0 Å². The van der Waals surface area contributed by atoms with Crippen molar-refractivity contribution in [1.29, 1.82) is 0 Å². The van der Waals surface area contributed by atoms with E-state index in [0.29, 0.717) is 11.3 Å². The number of amides is 1. The number of aromatic nitrogens is 1. The Morgan fingerprint density at radius 2 is 1.96 bits per heavy atom. The van der Waals surface area contributed by atoms with Crippen molar-refractivity contribution < 1.29 is 9.59 Å². The number of rotatable bonds is 4. The van der Waals surface area contributed by atoms with E-state index in [2.05, 4.69) is 21.2 Å². The van der Waals surface area contributed by atoms with Crippen molar-refractivity contribution in [2.24, 2.45) is 0 Å². The number of fused-ring (bicyclic) bond motifs is 1. The van der Waals surface area contributed by atoms with Crippen LogP contribution in [-0.2, 0) is 11.3 Å². The maximum absolute atomic E-state index is 12.2. The monoisotopic (exact) mass is 370 g/mol. The van der Waals surface area contributed by atoms with Gasteiger partial charge in [0.2, 0.25) is 5.91 Å². The van der Waals surface area contributed by atoms with Crippen LogP contribution in [0.25, 0.3) is 10.9 Å². The Hall–Kier alpha value is -2.40. The first kappa shape index (κ1) is 15.5. The molecule has 0 aliphatic heterocycles. The Morgan fingerprint density at radius 1 is 1.13 bits per heavy atom. The van der Waals surface area contributed by atoms with Gasteiger partial charge < -0.3 is 9.88 Å². The first-order chi connectivity index (χ1) is 11.0. The lowest BCUT2D eigenvalue weighted by atomic mass is 10.1. The standard InChI is InChI=1S/C18H15BrN2O2/c1-12(22)13-3-2-4-16(10-13)20-18(23)11-21-8-7-14-9-15(19)5-6-17(14)21/h2-10H,11H2,1H3,(H,20,23). The maximum atomic E-state index is 12.2. The molecule has 116 valence electrons. The average molecular weight is 371 g/mol. The number of anilines is 1. The van der Waals surface area contributed by atoms with Gasteiger partial charge in [-0.3, -0.25) is 9.59 Å². The van der Waals surface area contributed by atoms with E-state index in [1.165, 1.54) is 6.92 Å². The van der Waals surface area contributed by atoms with Gasteiger partial charge in [0.1, 0.15) is 6.54 Å². The third-order valence-electron chi connectivity index (χ3n) is 3.60. The number of ketones is 1. The van der Waals surface area contributed by atoms with Gasteiger partial charge in [-0.05, 0) is 43.3 Å². The fourth-order valence-corrected chi connectivity index (χ4v) is 2.86. The normalized spacial score (nSPS) is 10.7. The smallest absolute Gasteiger partial charge is 0.244 e. The number of hydrogen-bond donors (Lipinski definition) is 1. The van der Waals surface area contributed by atoms with E-state index in [4.69, 9.17) is 0 Å². The molecule has 1 aromatic heterocycles. The molecule has 3 rings (SSSR count). The topological polar surface area (TPSA) is 51.1 Å². The van der Waals surface area contributed by atoms with E-state index >= 15 is 0 Å². The summed E-state index contributed by atoms with van der Waals surface area (Å²) in [6.45, 7) is 1.72. The van der Waals surface area contributed by atoms with Crippen LogP contribution in [0, 0.1) is 0 Å². The van der Waals surface area contributed by atoms with Crippen LogP contribution < -0.4 is 5.32 Å². The minimum atomic E-state index is -0.133. The number of nitrogens with one attached hydrogen (secondary N) is 1. The van der Waals surface area contributed by atoms with Crippen LogP contribution >= 0.6 is 15.9 Å². The summed E-state index contributed by atoms with van der Waals surface area (Å²) in [6.07, 6.45) is 1.89. The molecule has 0 unspecified atom stereocenters. The van der Waals surface area contributed by atoms with Crippen LogP contribution in [-0.4, -0.2) is 16.3 Å². The number of nitrogens with zero attached hydrogens (tertiary/aromatic N) is 1. The van der Waals surface area contributed by atoms with Crippen molar-refractivity contribution in [3.05, 3.63) is 64.8 Å². The number of carbonyl (C=O) groups is 2. The highest BCUT2D eigenvalue weighted by Gasteiger charge is 2.08. The molecule has 1 N–H and O–H groups in total. The molecule has 0 fully saturated rings. The van der Waals surface area contributed by atoms with Crippen molar-refractivity contribution in [3.63, 3.8) is 0 Å². The summed E-state index contributed by atoms with van der Waals surface area (Å²) < 4.78 is 2.90. The summed E-state index contributed by atoms with van der Waals surface area (Å²) >= 11 is 3.44. The third kappa shape index (κ3) is 3.51. The molecule has 1 heterocycles. The minimum absolute atomic E-state index is 0.0249. The lowest BCUT2D eigenvalue weighted by Crippen LogP contribution is -2.18. The molecular weight excluding hydrogens is 356 g/mol. The van der Waals surface area contributed by atoms with Crippen LogP contribution in [0.2, 0.25) is 0 Å². The zero-order chi connectivity index (χ0) is 16.4. The van der Waals surface area contributed by atoms with Crippen LogP contribution in [0.4, 0.5) is 5.69 Å². The minimum Gasteiger partial charge on any atom is -0.338 e. The molecule has 2 aromatic carbocycles. The second kappa shape index (κ2) is 6.38. The van der Waals surface area contributed by atoms with Gasteiger partial charge >= 0.3 is 0 Å². The van der Waals surface area contributed by atoms with E-state index in [1.807, 2.05) is 35.0 Å². The molecular formula is C18H15BrN2O2. The molecule has 0 aliphatic carbocycles. The quantitative estimate of drug-likeness (QED) is 0.698. The highest BCUT2D eigenvalue weighted by Crippen LogP contribution is 2.21. The van der Waals surface area contributed by atoms with E-state index in [-0.39, 0.29) is 18.2 Å². The van der Waals surface area contributed by atoms with Gasteiger partial charge in [0, 0.05) is 32.8 Å². The molecule has 23 heavy (non-hydrogen) atoms. The second-order valence-electron chi connectivity index (χ2n) is 5.33. The van der Waals surface area contributed by atoms with Gasteiger partial charge in [-0.25, -0.2) is 0 Å². The Balaban J connectivity index is 1.76. The molecule has 1 amide bonds. The summed E-state index contributed by atoms with van der Waals surface area (Å²) in [5.41, 5.74) is 2.21. The summed E-state index contributed by atoms with van der Waals surface area (Å²) in [6, 6.07) is 14.9. The summed E-state index contributed by atoms with van der Waals surface area (Å²) in [5, 5.41) is 3.91. The molecule has 0 aliphatic rings. The molecule has 4 nitrogen and oxygen atoms in total. The van der Waals surface area contributed by atoms with E-state index in [1.54, 1.807) is 24.3 Å². The van der Waals surface area contributed by atoms with Crippen molar-refractivity contribution in [2.45, 2.75) is 13.5 Å². The van der Waals surface area contributed by atoms with Crippen molar-refractivity contribution in [1.82, 2.24) is 4.57 Å². The molecule has 0 saturated carbocycles. The molecule has 0 bridgehead atoms. The third-order valence-corrected chi connectivity index (χ3v) is 4.09. The highest BCUT2D eigenvalue weighted by atomic mass is 79.9. The zero-order valence-corrected chi connectivity index (χ0v) is 14.1. The van der Waals surface area contributed by atoms with Gasteiger partial charge in [0.15, 0.2) is 5.78 Å². The zero-order valence-electron chi connectivity index (χ0n) is 12.5. The van der Waals surface area contributed by atoms with Crippen molar-refractivity contribution in [3.8, 4) is 0 Å². The van der Waals surface area contributed by atoms with Gasteiger partial charge in [-0.2, -0.15) is 0 Å². The summed E-state index contributed by atoms with van der Waals surface area (Å²) in [5.74, 6) is -0.158. The first-order valence-corrected chi connectivity index (χ1v) is 7.97. The van der Waals surface area contributed by atoms with E-state index in [9.17, 15) is 9.59 Å². The average Bonchev–Trinajstić information content (AvgIpc) is 2.89. The van der Waals surface area contributed by atoms with Crippen LogP contribution in [0.5, 0.6) is 0 Å². The van der Waals surface area contributed by atoms with Crippen molar-refractivity contribution in [2.75, 3.05) is 5.32 Å². The number of Topliss-reactive ketones (excluding diaryl/α,β-unsaturated/α-hetero) is 1. The predicted octanol–water partition coefficient (Wildman–Crippen LogP) is 4.25.